The molecule has 2 aromatic heterocycles. The van der Waals surface area contributed by atoms with E-state index in [-0.39, 0.29) is 11.4 Å². The quantitative estimate of drug-likeness (QED) is 0.347. The molecule has 41 heavy (non-hydrogen) atoms. The molecule has 0 unspecified atom stereocenters. The number of hydrogen-bond acceptors (Lipinski definition) is 9. The third-order valence-electron chi connectivity index (χ3n) is 6.99. The number of carboxylic acids is 1. The third-order valence-corrected chi connectivity index (χ3v) is 6.99. The van der Waals surface area contributed by atoms with Gasteiger partial charge in [0.1, 0.15) is 19.0 Å². The number of ether oxygens (including phenoxy) is 2. The molecule has 0 aliphatic carbocycles. The lowest BCUT2D eigenvalue weighted by Gasteiger charge is -2.32. The molecule has 0 amide bonds. The Kier molecular flexibility index (Phi) is 9.12. The minimum Gasteiger partial charge on any atom is -0.484 e. The van der Waals surface area contributed by atoms with Gasteiger partial charge in [-0.15, -0.1) is 5.10 Å². The first-order valence-corrected chi connectivity index (χ1v) is 13.5. The number of piperidine rings is 1. The van der Waals surface area contributed by atoms with Crippen LogP contribution in [0.1, 0.15) is 28.9 Å². The molecule has 0 spiro atoms. The summed E-state index contributed by atoms with van der Waals surface area (Å²) >= 11 is 0. The highest BCUT2D eigenvalue weighted by Crippen LogP contribution is 2.26. The van der Waals surface area contributed by atoms with Gasteiger partial charge in [-0.05, 0) is 56.3 Å². The summed E-state index contributed by atoms with van der Waals surface area (Å²) in [6.07, 6.45) is 3.30. The van der Waals surface area contributed by atoms with Gasteiger partial charge in [-0.2, -0.15) is 5.10 Å². The maximum absolute atomic E-state index is 13.7. The molecule has 2 aliphatic heterocycles. The van der Waals surface area contributed by atoms with E-state index in [0.717, 1.165) is 38.2 Å². The lowest BCUT2D eigenvalue weighted by Crippen LogP contribution is -2.43. The average Bonchev–Trinajstić information content (AvgIpc) is 3.01. The number of carbonyl (C=O) groups is 1. The molecule has 2 aromatic carbocycles. The standard InChI is InChI=1S/C22H25FN6O3.C7H6O2/c23-15-1-2-18-19(11-15)29(21(30)14-25-18)8-7-28-5-3-16(4-6-28)24-13-17-12-20-22(27-26-17)32-10-9-31-20;8-7(9)6-4-2-1-3-5-6/h1-2,11-12,14,16,24H,3-10,13H2;1-5H,(H,8,9). The van der Waals surface area contributed by atoms with E-state index in [4.69, 9.17) is 14.6 Å². The first kappa shape index (κ1) is 28.1. The van der Waals surface area contributed by atoms with E-state index in [2.05, 4.69) is 25.4 Å². The topological polar surface area (TPSA) is 132 Å². The fourth-order valence-electron chi connectivity index (χ4n) is 4.78. The van der Waals surface area contributed by atoms with Crippen LogP contribution in [0, 0.1) is 5.82 Å². The molecule has 1 saturated heterocycles. The molecule has 0 saturated carbocycles. The maximum Gasteiger partial charge on any atom is 0.335 e. The van der Waals surface area contributed by atoms with Crippen LogP contribution in [-0.4, -0.2) is 74.6 Å². The fourth-order valence-corrected chi connectivity index (χ4v) is 4.78. The van der Waals surface area contributed by atoms with Crippen molar-refractivity contribution >= 4 is 17.0 Å². The molecule has 2 aliphatic rings. The molecule has 214 valence electrons. The average molecular weight is 563 g/mol. The molecular weight excluding hydrogens is 531 g/mol. The predicted molar refractivity (Wildman–Crippen MR) is 149 cm³/mol. The van der Waals surface area contributed by atoms with Gasteiger partial charge in [-0.3, -0.25) is 4.79 Å². The summed E-state index contributed by atoms with van der Waals surface area (Å²) < 4.78 is 26.3. The van der Waals surface area contributed by atoms with Crippen LogP contribution in [-0.2, 0) is 13.1 Å². The van der Waals surface area contributed by atoms with Crippen molar-refractivity contribution in [2.24, 2.45) is 0 Å². The van der Waals surface area contributed by atoms with Crippen molar-refractivity contribution in [3.05, 3.63) is 88.2 Å². The van der Waals surface area contributed by atoms with E-state index < -0.39 is 5.97 Å². The molecule has 11 nitrogen and oxygen atoms in total. The van der Waals surface area contributed by atoms with Crippen LogP contribution >= 0.6 is 0 Å². The summed E-state index contributed by atoms with van der Waals surface area (Å²) in [4.78, 5) is 28.9. The van der Waals surface area contributed by atoms with Gasteiger partial charge in [-0.25, -0.2) is 14.2 Å². The molecule has 0 radical (unpaired) electrons. The minimum atomic E-state index is -0.879. The number of likely N-dealkylation sites (tertiary alicyclic amines) is 1. The van der Waals surface area contributed by atoms with Crippen LogP contribution < -0.4 is 20.3 Å². The number of fused-ring (bicyclic) bond motifs is 2. The van der Waals surface area contributed by atoms with E-state index in [0.29, 0.717) is 60.6 Å². The van der Waals surface area contributed by atoms with Crippen molar-refractivity contribution in [3.63, 3.8) is 0 Å². The number of hydrogen-bond donors (Lipinski definition) is 2. The summed E-state index contributed by atoms with van der Waals surface area (Å²) in [5.74, 6) is -0.141. The summed E-state index contributed by atoms with van der Waals surface area (Å²) in [5, 5.41) is 20.2. The molecular formula is C29H31FN6O5. The number of halogens is 1. The highest BCUT2D eigenvalue weighted by atomic mass is 19.1. The second-order valence-electron chi connectivity index (χ2n) is 9.75. The van der Waals surface area contributed by atoms with Crippen LogP contribution in [0.2, 0.25) is 0 Å². The van der Waals surface area contributed by atoms with Crippen molar-refractivity contribution in [1.82, 2.24) is 30.0 Å². The van der Waals surface area contributed by atoms with Crippen molar-refractivity contribution in [1.29, 1.82) is 0 Å². The highest BCUT2D eigenvalue weighted by molar-refractivity contribution is 5.87. The molecule has 12 heteroatoms. The van der Waals surface area contributed by atoms with Gasteiger partial charge in [-0.1, -0.05) is 18.2 Å². The van der Waals surface area contributed by atoms with Crippen molar-refractivity contribution in [2.75, 3.05) is 32.8 Å². The van der Waals surface area contributed by atoms with E-state index in [9.17, 15) is 14.0 Å². The Balaban J connectivity index is 0.000000321. The molecule has 6 rings (SSSR count). The lowest BCUT2D eigenvalue weighted by atomic mass is 10.0. The minimum absolute atomic E-state index is 0.208. The summed E-state index contributed by atoms with van der Waals surface area (Å²) in [6.45, 7) is 4.74. The Labute approximate surface area is 235 Å². The predicted octanol–water partition coefficient (Wildman–Crippen LogP) is 2.74. The van der Waals surface area contributed by atoms with Crippen molar-refractivity contribution in [2.45, 2.75) is 32.0 Å². The van der Waals surface area contributed by atoms with E-state index in [1.54, 1.807) is 41.0 Å². The molecule has 1 fully saturated rings. The van der Waals surface area contributed by atoms with Gasteiger partial charge in [0, 0.05) is 31.7 Å². The second-order valence-corrected chi connectivity index (χ2v) is 9.75. The summed E-state index contributed by atoms with van der Waals surface area (Å²) in [6, 6.07) is 14.9. The van der Waals surface area contributed by atoms with Crippen LogP contribution in [0.4, 0.5) is 4.39 Å². The number of rotatable bonds is 7. The Hall–Kier alpha value is -4.42. The third kappa shape index (κ3) is 7.41. The zero-order valence-corrected chi connectivity index (χ0v) is 22.4. The van der Waals surface area contributed by atoms with Crippen LogP contribution in [0.15, 0.2) is 65.6 Å². The molecule has 0 bridgehead atoms. The van der Waals surface area contributed by atoms with Gasteiger partial charge in [0.05, 0.1) is 28.5 Å². The Morgan fingerprint density at radius 1 is 1.02 bits per heavy atom. The van der Waals surface area contributed by atoms with Crippen LogP contribution in [0.3, 0.4) is 0 Å². The van der Waals surface area contributed by atoms with Crippen LogP contribution in [0.25, 0.3) is 11.0 Å². The number of benzene rings is 2. The van der Waals surface area contributed by atoms with E-state index in [1.807, 2.05) is 6.07 Å². The van der Waals surface area contributed by atoms with Gasteiger partial charge in [0.25, 0.3) is 11.4 Å². The first-order valence-electron chi connectivity index (χ1n) is 13.5. The van der Waals surface area contributed by atoms with Crippen LogP contribution in [0.5, 0.6) is 11.6 Å². The maximum atomic E-state index is 13.7. The number of aromatic carboxylic acids is 1. The fraction of sp³-hybridized carbons (Fsp3) is 0.345. The number of nitrogens with one attached hydrogen (secondary N) is 1. The Bertz CT molecular complexity index is 1540. The normalized spacial score (nSPS) is 15.2. The lowest BCUT2D eigenvalue weighted by molar-refractivity contribution is 0.0697. The number of aromatic nitrogens is 4. The smallest absolute Gasteiger partial charge is 0.335 e. The molecule has 4 aromatic rings. The van der Waals surface area contributed by atoms with Gasteiger partial charge in [0.15, 0.2) is 5.75 Å². The zero-order chi connectivity index (χ0) is 28.6. The Morgan fingerprint density at radius 2 is 1.80 bits per heavy atom. The van der Waals surface area contributed by atoms with E-state index in [1.165, 1.54) is 18.3 Å². The van der Waals surface area contributed by atoms with Crippen molar-refractivity contribution in [3.8, 4) is 11.6 Å². The molecule has 4 heterocycles. The van der Waals surface area contributed by atoms with Gasteiger partial charge >= 0.3 is 5.97 Å². The Morgan fingerprint density at radius 3 is 2.56 bits per heavy atom. The summed E-state index contributed by atoms with van der Waals surface area (Å²) in [7, 11) is 0. The van der Waals surface area contributed by atoms with Crippen molar-refractivity contribution < 1.29 is 23.8 Å². The second kappa shape index (κ2) is 13.3. The number of carboxylic acid groups (broad SMARTS) is 1. The van der Waals surface area contributed by atoms with E-state index >= 15 is 0 Å². The first-order chi connectivity index (χ1) is 20.0. The molecule has 0 atom stereocenters. The van der Waals surface area contributed by atoms with Gasteiger partial charge in [0.2, 0.25) is 0 Å². The zero-order valence-electron chi connectivity index (χ0n) is 22.4. The monoisotopic (exact) mass is 562 g/mol. The summed E-state index contributed by atoms with van der Waals surface area (Å²) in [5.41, 5.74) is 2.11. The van der Waals surface area contributed by atoms with Gasteiger partial charge < -0.3 is 29.4 Å². The molecule has 2 N–H and O–H groups in total. The SMILES string of the molecule is O=C(O)c1ccccc1.O=c1cnc2ccc(F)cc2n1CCN1CCC(NCc2cc3c(nn2)OCCO3)CC1. The highest BCUT2D eigenvalue weighted by Gasteiger charge is 2.20. The number of nitrogens with zero attached hydrogens (tertiary/aromatic N) is 5. The largest absolute Gasteiger partial charge is 0.484 e.